The fraction of sp³-hybridized carbons (Fsp3) is 0.583. The molecule has 0 saturated heterocycles. The van der Waals surface area contributed by atoms with Gasteiger partial charge < -0.3 is 0 Å². The normalized spacial score (nSPS) is 12.9. The second kappa shape index (κ2) is 4.26. The number of hydrogen-bond acceptors (Lipinski definition) is 1. The van der Waals surface area contributed by atoms with Gasteiger partial charge in [-0.3, -0.25) is 0 Å². The smallest absolute Gasteiger partial charge is 0.129 e. The van der Waals surface area contributed by atoms with E-state index in [1.165, 1.54) is 0 Å². The second-order valence-corrected chi connectivity index (χ2v) is 11.8. The number of nitrogens with zero attached hydrogens (tertiary/aromatic N) is 1. The Morgan fingerprint density at radius 2 is 1.87 bits per heavy atom. The Bertz CT molecular complexity index is 342. The highest BCUT2D eigenvalue weighted by Crippen LogP contribution is 2.37. The Hall–Kier alpha value is -0.343. The molecule has 0 bridgehead atoms. The Labute approximate surface area is 98.9 Å². The number of rotatable bonds is 2. The van der Waals surface area contributed by atoms with Gasteiger partial charge in [-0.2, -0.15) is 0 Å². The van der Waals surface area contributed by atoms with Crippen LogP contribution in [-0.2, 0) is 6.04 Å². The third-order valence-electron chi connectivity index (χ3n) is 3.43. The monoisotopic (exact) mass is 241 g/mol. The van der Waals surface area contributed by atoms with Crippen LogP contribution >= 0.6 is 11.6 Å². The van der Waals surface area contributed by atoms with E-state index in [-0.39, 0.29) is 0 Å². The maximum atomic E-state index is 5.89. The van der Waals surface area contributed by atoms with Crippen molar-refractivity contribution in [3.05, 3.63) is 29.0 Å². The molecule has 15 heavy (non-hydrogen) atoms. The molecule has 0 unspecified atom stereocenters. The van der Waals surface area contributed by atoms with Crippen molar-refractivity contribution in [3.63, 3.8) is 0 Å². The number of halogens is 1. The standard InChI is InChI=1S/C12H20ClNSi/c1-12(2,3)15(4,5)9-10-7-6-8-11(13)14-10/h6-8H,9H2,1-5H3. The predicted octanol–water partition coefficient (Wildman–Crippen LogP) is 4.33. The summed E-state index contributed by atoms with van der Waals surface area (Å²) in [5, 5.41) is 1.00. The zero-order chi connectivity index (χ0) is 11.7. The third kappa shape index (κ3) is 3.32. The van der Waals surface area contributed by atoms with Gasteiger partial charge in [0.25, 0.3) is 0 Å². The first-order chi connectivity index (χ1) is 6.72. The number of hydrogen-bond donors (Lipinski definition) is 0. The summed E-state index contributed by atoms with van der Waals surface area (Å²) < 4.78 is 0. The van der Waals surface area contributed by atoms with E-state index in [2.05, 4.69) is 44.9 Å². The van der Waals surface area contributed by atoms with Gasteiger partial charge in [-0.1, -0.05) is 51.5 Å². The highest BCUT2D eigenvalue weighted by molar-refractivity contribution is 6.79. The van der Waals surface area contributed by atoms with Crippen molar-refractivity contribution in [3.8, 4) is 0 Å². The van der Waals surface area contributed by atoms with Crippen molar-refractivity contribution in [2.24, 2.45) is 0 Å². The summed E-state index contributed by atoms with van der Waals surface area (Å²) >= 11 is 5.89. The van der Waals surface area contributed by atoms with Crippen LogP contribution in [0.1, 0.15) is 26.5 Å². The summed E-state index contributed by atoms with van der Waals surface area (Å²) in [5.41, 5.74) is 1.13. The van der Waals surface area contributed by atoms with Gasteiger partial charge in [-0.05, 0) is 23.2 Å². The number of aromatic nitrogens is 1. The van der Waals surface area contributed by atoms with Gasteiger partial charge >= 0.3 is 0 Å². The highest BCUT2D eigenvalue weighted by Gasteiger charge is 2.35. The number of pyridine rings is 1. The zero-order valence-electron chi connectivity index (χ0n) is 10.3. The zero-order valence-corrected chi connectivity index (χ0v) is 12.0. The fourth-order valence-corrected chi connectivity index (χ4v) is 3.08. The lowest BCUT2D eigenvalue weighted by atomic mass is 10.2. The van der Waals surface area contributed by atoms with Crippen molar-refractivity contribution in [2.45, 2.75) is 44.9 Å². The lowest BCUT2D eigenvalue weighted by Gasteiger charge is -2.36. The van der Waals surface area contributed by atoms with Crippen LogP contribution in [0.25, 0.3) is 0 Å². The van der Waals surface area contributed by atoms with E-state index >= 15 is 0 Å². The average Bonchev–Trinajstić information content (AvgIpc) is 2.00. The van der Waals surface area contributed by atoms with Gasteiger partial charge in [0, 0.05) is 5.69 Å². The van der Waals surface area contributed by atoms with Crippen LogP contribution in [0.3, 0.4) is 0 Å². The van der Waals surface area contributed by atoms with E-state index in [9.17, 15) is 0 Å². The van der Waals surface area contributed by atoms with Crippen molar-refractivity contribution in [1.82, 2.24) is 4.98 Å². The molecule has 0 amide bonds. The first-order valence-electron chi connectivity index (χ1n) is 5.34. The molecule has 1 rings (SSSR count). The molecule has 1 aromatic heterocycles. The molecule has 1 heterocycles. The predicted molar refractivity (Wildman–Crippen MR) is 70.1 cm³/mol. The van der Waals surface area contributed by atoms with Gasteiger partial charge in [-0.25, -0.2) is 4.98 Å². The average molecular weight is 242 g/mol. The quantitative estimate of drug-likeness (QED) is 0.555. The Morgan fingerprint density at radius 1 is 1.27 bits per heavy atom. The van der Waals surface area contributed by atoms with E-state index in [0.29, 0.717) is 10.2 Å². The lowest BCUT2D eigenvalue weighted by molar-refractivity contribution is 0.712. The Balaban J connectivity index is 2.87. The fourth-order valence-electron chi connectivity index (χ4n) is 1.27. The molecule has 0 radical (unpaired) electrons. The van der Waals surface area contributed by atoms with Crippen molar-refractivity contribution in [2.75, 3.05) is 0 Å². The molecule has 0 aliphatic rings. The minimum Gasteiger partial charge on any atom is -0.241 e. The second-order valence-electron chi connectivity index (χ2n) is 5.76. The minimum absolute atomic E-state index is 0.400. The van der Waals surface area contributed by atoms with Crippen LogP contribution in [-0.4, -0.2) is 13.1 Å². The molecule has 0 aromatic carbocycles. The van der Waals surface area contributed by atoms with Crippen LogP contribution in [0.2, 0.25) is 23.3 Å². The highest BCUT2D eigenvalue weighted by atomic mass is 35.5. The van der Waals surface area contributed by atoms with E-state index in [4.69, 9.17) is 11.6 Å². The molecular formula is C12H20ClNSi. The topological polar surface area (TPSA) is 12.9 Å². The first-order valence-corrected chi connectivity index (χ1v) is 8.92. The summed E-state index contributed by atoms with van der Waals surface area (Å²) in [6.07, 6.45) is 0. The Morgan fingerprint density at radius 3 is 2.33 bits per heavy atom. The van der Waals surface area contributed by atoms with Gasteiger partial charge in [0.1, 0.15) is 5.15 Å². The van der Waals surface area contributed by atoms with Gasteiger partial charge in [0.15, 0.2) is 0 Å². The Kier molecular flexibility index (Phi) is 3.62. The van der Waals surface area contributed by atoms with E-state index in [1.807, 2.05) is 12.1 Å². The summed E-state index contributed by atoms with van der Waals surface area (Å²) in [7, 11) is -1.29. The van der Waals surface area contributed by atoms with E-state index < -0.39 is 8.07 Å². The molecule has 0 atom stereocenters. The van der Waals surface area contributed by atoms with Crippen LogP contribution < -0.4 is 0 Å². The van der Waals surface area contributed by atoms with Crippen LogP contribution in [0.15, 0.2) is 18.2 Å². The lowest BCUT2D eigenvalue weighted by Crippen LogP contribution is -2.40. The van der Waals surface area contributed by atoms with Crippen LogP contribution in [0.4, 0.5) is 0 Å². The molecule has 0 spiro atoms. The maximum absolute atomic E-state index is 5.89. The maximum Gasteiger partial charge on any atom is 0.129 e. The molecule has 0 N–H and O–H groups in total. The molecule has 84 valence electrons. The molecular weight excluding hydrogens is 222 g/mol. The molecule has 0 aliphatic carbocycles. The van der Waals surface area contributed by atoms with Gasteiger partial charge in [-0.15, -0.1) is 0 Å². The first kappa shape index (κ1) is 12.7. The molecule has 0 saturated carbocycles. The molecule has 0 aliphatic heterocycles. The van der Waals surface area contributed by atoms with Gasteiger partial charge in [0.2, 0.25) is 0 Å². The van der Waals surface area contributed by atoms with Crippen molar-refractivity contribution >= 4 is 19.7 Å². The molecule has 1 aromatic rings. The summed E-state index contributed by atoms with van der Waals surface area (Å²) in [6, 6.07) is 6.98. The van der Waals surface area contributed by atoms with Gasteiger partial charge in [0.05, 0.1) is 8.07 Å². The van der Waals surface area contributed by atoms with Crippen LogP contribution in [0.5, 0.6) is 0 Å². The minimum atomic E-state index is -1.29. The molecule has 0 fully saturated rings. The third-order valence-corrected chi connectivity index (χ3v) is 8.94. The van der Waals surface area contributed by atoms with Crippen molar-refractivity contribution < 1.29 is 0 Å². The van der Waals surface area contributed by atoms with Crippen LogP contribution in [0, 0.1) is 0 Å². The summed E-state index contributed by atoms with van der Waals surface area (Å²) in [4.78, 5) is 4.37. The molecule has 1 nitrogen and oxygen atoms in total. The summed E-state index contributed by atoms with van der Waals surface area (Å²) in [6.45, 7) is 11.8. The summed E-state index contributed by atoms with van der Waals surface area (Å²) in [5.74, 6) is 0. The largest absolute Gasteiger partial charge is 0.241 e. The molecule has 3 heteroatoms. The van der Waals surface area contributed by atoms with Crippen molar-refractivity contribution in [1.29, 1.82) is 0 Å². The van der Waals surface area contributed by atoms with E-state index in [1.54, 1.807) is 0 Å². The SMILES string of the molecule is CC(C)(C)[Si](C)(C)Cc1cccc(Cl)n1. The van der Waals surface area contributed by atoms with E-state index in [0.717, 1.165) is 11.7 Å².